The number of benzene rings is 1. The van der Waals surface area contributed by atoms with Crippen LogP contribution in [0.25, 0.3) is 0 Å². The molecule has 7 nitrogen and oxygen atoms in total. The van der Waals surface area contributed by atoms with E-state index >= 15 is 0 Å². The zero-order valence-corrected chi connectivity index (χ0v) is 13.1. The number of aromatic nitrogens is 2. The minimum absolute atomic E-state index is 0.0676. The molecule has 114 valence electrons. The molecule has 0 fully saturated rings. The van der Waals surface area contributed by atoms with Crippen molar-refractivity contribution in [3.63, 3.8) is 0 Å². The number of anilines is 2. The van der Waals surface area contributed by atoms with Crippen LogP contribution in [0.2, 0.25) is 5.02 Å². The van der Waals surface area contributed by atoms with Crippen LogP contribution in [-0.4, -0.2) is 24.8 Å². The fourth-order valence-corrected chi connectivity index (χ4v) is 3.13. The molecule has 9 heteroatoms. The van der Waals surface area contributed by atoms with Gasteiger partial charge in [0.05, 0.1) is 17.3 Å². The van der Waals surface area contributed by atoms with E-state index < -0.39 is 10.0 Å². The van der Waals surface area contributed by atoms with Crippen molar-refractivity contribution in [3.8, 4) is 5.75 Å². The largest absolute Gasteiger partial charge is 0.492 e. The van der Waals surface area contributed by atoms with Gasteiger partial charge in [-0.2, -0.15) is 5.10 Å². The van der Waals surface area contributed by atoms with E-state index in [0.29, 0.717) is 23.1 Å². The molecule has 0 aliphatic heterocycles. The molecule has 2 rings (SSSR count). The van der Waals surface area contributed by atoms with Crippen molar-refractivity contribution in [1.82, 2.24) is 9.78 Å². The van der Waals surface area contributed by atoms with Crippen molar-refractivity contribution in [1.29, 1.82) is 0 Å². The third kappa shape index (κ3) is 3.40. The number of halogens is 1. The monoisotopic (exact) mass is 330 g/mol. The lowest BCUT2D eigenvalue weighted by Gasteiger charge is -2.10. The van der Waals surface area contributed by atoms with E-state index in [2.05, 4.69) is 9.82 Å². The summed E-state index contributed by atoms with van der Waals surface area (Å²) in [5.41, 5.74) is 5.89. The fraction of sp³-hybridized carbons (Fsp3) is 0.250. The van der Waals surface area contributed by atoms with Gasteiger partial charge in [0.2, 0.25) is 0 Å². The van der Waals surface area contributed by atoms with Crippen LogP contribution in [0.3, 0.4) is 0 Å². The minimum atomic E-state index is -3.82. The van der Waals surface area contributed by atoms with Gasteiger partial charge in [-0.3, -0.25) is 9.40 Å². The first-order valence-electron chi connectivity index (χ1n) is 6.07. The summed E-state index contributed by atoms with van der Waals surface area (Å²) in [5.74, 6) is 0.421. The molecule has 21 heavy (non-hydrogen) atoms. The van der Waals surface area contributed by atoms with E-state index in [4.69, 9.17) is 22.1 Å². The van der Waals surface area contributed by atoms with E-state index in [-0.39, 0.29) is 10.7 Å². The maximum absolute atomic E-state index is 12.2. The molecule has 0 aliphatic carbocycles. The second kappa shape index (κ2) is 5.82. The lowest BCUT2D eigenvalue weighted by atomic mass is 10.3. The van der Waals surface area contributed by atoms with Gasteiger partial charge in [-0.15, -0.1) is 0 Å². The van der Waals surface area contributed by atoms with E-state index in [1.165, 1.54) is 16.9 Å². The van der Waals surface area contributed by atoms with Crippen molar-refractivity contribution in [2.45, 2.75) is 11.8 Å². The highest BCUT2D eigenvalue weighted by molar-refractivity contribution is 7.92. The van der Waals surface area contributed by atoms with Crippen LogP contribution in [0.1, 0.15) is 6.92 Å². The number of nitrogen functional groups attached to an aromatic ring is 1. The molecule has 1 aromatic heterocycles. The lowest BCUT2D eigenvalue weighted by Crippen LogP contribution is -2.14. The Morgan fingerprint density at radius 1 is 1.48 bits per heavy atom. The summed E-state index contributed by atoms with van der Waals surface area (Å²) in [7, 11) is -2.24. The smallest absolute Gasteiger partial charge is 0.267 e. The predicted molar refractivity (Wildman–Crippen MR) is 81.0 cm³/mol. The van der Waals surface area contributed by atoms with Gasteiger partial charge in [0, 0.05) is 13.2 Å². The highest BCUT2D eigenvalue weighted by Crippen LogP contribution is 2.29. The highest BCUT2D eigenvalue weighted by atomic mass is 35.5. The Hall–Kier alpha value is -1.93. The van der Waals surface area contributed by atoms with Crippen molar-refractivity contribution >= 4 is 33.1 Å². The molecular weight excluding hydrogens is 316 g/mol. The second-order valence-corrected chi connectivity index (χ2v) is 6.29. The topological polar surface area (TPSA) is 99.2 Å². The molecule has 0 amide bonds. The number of aryl methyl sites for hydroxylation is 1. The Bertz CT molecular complexity index is 758. The molecule has 0 saturated carbocycles. The Kier molecular flexibility index (Phi) is 4.29. The number of ether oxygens (including phenoxy) is 1. The molecule has 0 atom stereocenters. The van der Waals surface area contributed by atoms with Gasteiger partial charge >= 0.3 is 0 Å². The highest BCUT2D eigenvalue weighted by Gasteiger charge is 2.21. The van der Waals surface area contributed by atoms with Crippen LogP contribution < -0.4 is 15.2 Å². The maximum Gasteiger partial charge on any atom is 0.267 e. The minimum Gasteiger partial charge on any atom is -0.492 e. The zero-order chi connectivity index (χ0) is 15.6. The standard InChI is InChI=1S/C12H15ClN4O3S/c1-3-20-10-5-4-8(6-9(10)13)16-21(18,19)11-7-17(2)15-12(11)14/h4-7,16H,3H2,1-2H3,(H2,14,15). The number of sulfonamides is 1. The first-order chi connectivity index (χ1) is 9.83. The van der Waals surface area contributed by atoms with Crippen molar-refractivity contribution in [3.05, 3.63) is 29.4 Å². The molecule has 2 aromatic rings. The molecule has 0 aliphatic rings. The summed E-state index contributed by atoms with van der Waals surface area (Å²) in [6.45, 7) is 2.30. The van der Waals surface area contributed by atoms with E-state index in [1.807, 2.05) is 6.92 Å². The first kappa shape index (κ1) is 15.5. The summed E-state index contributed by atoms with van der Waals surface area (Å²) in [4.78, 5) is -0.0880. The van der Waals surface area contributed by atoms with Crippen LogP contribution in [0, 0.1) is 0 Å². The van der Waals surface area contributed by atoms with Crippen molar-refractivity contribution < 1.29 is 13.2 Å². The molecule has 3 N–H and O–H groups in total. The third-order valence-corrected chi connectivity index (χ3v) is 4.29. The Balaban J connectivity index is 2.29. The Morgan fingerprint density at radius 2 is 2.19 bits per heavy atom. The van der Waals surface area contributed by atoms with Gasteiger partial charge in [0.1, 0.15) is 10.6 Å². The molecule has 0 radical (unpaired) electrons. The number of nitrogens with one attached hydrogen (secondary N) is 1. The average molecular weight is 331 g/mol. The van der Waals surface area contributed by atoms with Crippen molar-refractivity contribution in [2.24, 2.45) is 7.05 Å². The molecule has 1 aromatic carbocycles. The summed E-state index contributed by atoms with van der Waals surface area (Å²) in [6, 6.07) is 4.62. The predicted octanol–water partition coefficient (Wildman–Crippen LogP) is 1.86. The van der Waals surface area contributed by atoms with Crippen LogP contribution in [-0.2, 0) is 17.1 Å². The molecule has 0 spiro atoms. The van der Waals surface area contributed by atoms with Crippen LogP contribution >= 0.6 is 11.6 Å². The molecule has 0 saturated heterocycles. The van der Waals surface area contributed by atoms with Gasteiger partial charge in [0.25, 0.3) is 10.0 Å². The summed E-state index contributed by atoms with van der Waals surface area (Å²) in [5, 5.41) is 4.12. The second-order valence-electron chi connectivity index (χ2n) is 4.24. The van der Waals surface area contributed by atoms with Crippen LogP contribution in [0.4, 0.5) is 11.5 Å². The normalized spacial score (nSPS) is 11.4. The Labute approximate surface area is 127 Å². The van der Waals surface area contributed by atoms with Crippen molar-refractivity contribution in [2.75, 3.05) is 17.1 Å². The molecule has 0 bridgehead atoms. The average Bonchev–Trinajstić information content (AvgIpc) is 2.72. The maximum atomic E-state index is 12.2. The molecule has 0 unspecified atom stereocenters. The number of hydrogen-bond donors (Lipinski definition) is 2. The van der Waals surface area contributed by atoms with Crippen LogP contribution in [0.15, 0.2) is 29.3 Å². The number of nitrogens with zero attached hydrogens (tertiary/aromatic N) is 2. The van der Waals surface area contributed by atoms with Gasteiger partial charge in [-0.05, 0) is 25.1 Å². The quantitative estimate of drug-likeness (QED) is 0.871. The van der Waals surface area contributed by atoms with Gasteiger partial charge in [-0.1, -0.05) is 11.6 Å². The lowest BCUT2D eigenvalue weighted by molar-refractivity contribution is 0.340. The number of hydrogen-bond acceptors (Lipinski definition) is 5. The number of nitrogens with two attached hydrogens (primary N) is 1. The Morgan fingerprint density at radius 3 is 2.71 bits per heavy atom. The first-order valence-corrected chi connectivity index (χ1v) is 7.94. The number of rotatable bonds is 5. The SMILES string of the molecule is CCOc1ccc(NS(=O)(=O)c2cn(C)nc2N)cc1Cl. The van der Waals surface area contributed by atoms with Gasteiger partial charge in [-0.25, -0.2) is 8.42 Å². The van der Waals surface area contributed by atoms with Gasteiger partial charge < -0.3 is 10.5 Å². The van der Waals surface area contributed by atoms with E-state index in [1.54, 1.807) is 19.2 Å². The third-order valence-electron chi connectivity index (χ3n) is 2.60. The van der Waals surface area contributed by atoms with E-state index in [0.717, 1.165) is 0 Å². The summed E-state index contributed by atoms with van der Waals surface area (Å²) in [6.07, 6.45) is 1.33. The summed E-state index contributed by atoms with van der Waals surface area (Å²) < 4.78 is 33.5. The van der Waals surface area contributed by atoms with Crippen LogP contribution in [0.5, 0.6) is 5.75 Å². The van der Waals surface area contributed by atoms with Gasteiger partial charge in [0.15, 0.2) is 5.82 Å². The molecule has 1 heterocycles. The fourth-order valence-electron chi connectivity index (χ4n) is 1.74. The summed E-state index contributed by atoms with van der Waals surface area (Å²) >= 11 is 6.02. The molecular formula is C12H15ClN4O3S. The van der Waals surface area contributed by atoms with E-state index in [9.17, 15) is 8.42 Å². The zero-order valence-electron chi connectivity index (χ0n) is 11.5.